The van der Waals surface area contributed by atoms with E-state index >= 15 is 0 Å². The van der Waals surface area contributed by atoms with Gasteiger partial charge < -0.3 is 25.0 Å². The van der Waals surface area contributed by atoms with E-state index in [1.807, 2.05) is 24.3 Å². The van der Waals surface area contributed by atoms with Gasteiger partial charge in [0.25, 0.3) is 5.91 Å². The number of ether oxygens (including phenoxy) is 2. The van der Waals surface area contributed by atoms with Crippen molar-refractivity contribution < 1.29 is 18.7 Å². The van der Waals surface area contributed by atoms with E-state index in [2.05, 4.69) is 11.8 Å². The van der Waals surface area contributed by atoms with E-state index in [4.69, 9.17) is 15.2 Å². The number of nitrogens with zero attached hydrogens (tertiary/aromatic N) is 2. The molecule has 2 aromatic carbocycles. The molecule has 1 saturated heterocycles. The molecule has 1 amide bonds. The van der Waals surface area contributed by atoms with Gasteiger partial charge in [-0.05, 0) is 74.7 Å². The summed E-state index contributed by atoms with van der Waals surface area (Å²) in [5.74, 6) is -0.0737. The minimum atomic E-state index is -0.568. The number of rotatable bonds is 9. The lowest BCUT2D eigenvalue weighted by Crippen LogP contribution is -2.30. The Balaban J connectivity index is 1.36. The Kier molecular flexibility index (Phi) is 6.95. The summed E-state index contributed by atoms with van der Waals surface area (Å²) >= 11 is 0. The summed E-state index contributed by atoms with van der Waals surface area (Å²) in [6.45, 7) is 5.58. The Hall–Kier alpha value is -3.06. The average molecular weight is 440 g/mol. The lowest BCUT2D eigenvalue weighted by atomic mass is 10.1. The zero-order valence-corrected chi connectivity index (χ0v) is 18.4. The Morgan fingerprint density at radius 2 is 1.94 bits per heavy atom. The summed E-state index contributed by atoms with van der Waals surface area (Å²) < 4.78 is 24.9. The monoisotopic (exact) mass is 439 g/mol. The molecule has 2 aliphatic rings. The van der Waals surface area contributed by atoms with Crippen LogP contribution >= 0.6 is 0 Å². The largest absolute Gasteiger partial charge is 0.494 e. The summed E-state index contributed by atoms with van der Waals surface area (Å²) in [5.41, 5.74) is 7.55. The van der Waals surface area contributed by atoms with Crippen molar-refractivity contribution in [3.05, 3.63) is 77.4 Å². The fourth-order valence-electron chi connectivity index (χ4n) is 4.32. The number of hydrogen-bond acceptors (Lipinski definition) is 5. The molecule has 0 aromatic heterocycles. The third-order valence-electron chi connectivity index (χ3n) is 6.13. The maximum atomic E-state index is 13.3. The Bertz CT molecular complexity index is 946. The van der Waals surface area contributed by atoms with Gasteiger partial charge in [-0.3, -0.25) is 4.79 Å². The molecule has 32 heavy (non-hydrogen) atoms. The number of carbonyl (C=O) groups is 1. The number of benzene rings is 2. The zero-order valence-electron chi connectivity index (χ0n) is 18.4. The van der Waals surface area contributed by atoms with Gasteiger partial charge in [-0.2, -0.15) is 0 Å². The van der Waals surface area contributed by atoms with Gasteiger partial charge in [0.05, 0.1) is 6.61 Å². The highest BCUT2D eigenvalue weighted by molar-refractivity contribution is 5.91. The van der Waals surface area contributed by atoms with Gasteiger partial charge in [0.2, 0.25) is 0 Å². The second-order valence-electron chi connectivity index (χ2n) is 8.41. The summed E-state index contributed by atoms with van der Waals surface area (Å²) in [5, 5.41) is 0. The average Bonchev–Trinajstić information content (AvgIpc) is 3.39. The second-order valence-corrected chi connectivity index (χ2v) is 8.41. The van der Waals surface area contributed by atoms with E-state index in [1.165, 1.54) is 37.8 Å². The van der Waals surface area contributed by atoms with Crippen LogP contribution in [-0.4, -0.2) is 41.4 Å². The third kappa shape index (κ3) is 5.22. The van der Waals surface area contributed by atoms with Gasteiger partial charge in [-0.1, -0.05) is 12.1 Å². The van der Waals surface area contributed by atoms with Crippen LogP contribution in [0.25, 0.3) is 0 Å². The summed E-state index contributed by atoms with van der Waals surface area (Å²) in [6, 6.07) is 14.5. The SMILES string of the molecule is CC1CCCN1CCCOc1ccc(C2OC=C(C(N)=O)N2Cc2ccc(F)cc2)cc1. The van der Waals surface area contributed by atoms with Crippen LogP contribution in [0, 0.1) is 5.82 Å². The summed E-state index contributed by atoms with van der Waals surface area (Å²) in [7, 11) is 0. The van der Waals surface area contributed by atoms with E-state index in [1.54, 1.807) is 17.0 Å². The van der Waals surface area contributed by atoms with E-state index in [-0.39, 0.29) is 11.5 Å². The minimum absolute atomic E-state index is 0.288. The van der Waals surface area contributed by atoms with Gasteiger partial charge in [0, 0.05) is 24.7 Å². The van der Waals surface area contributed by atoms with Gasteiger partial charge in [0.1, 0.15) is 23.5 Å². The van der Waals surface area contributed by atoms with Gasteiger partial charge >= 0.3 is 0 Å². The van der Waals surface area contributed by atoms with Gasteiger partial charge in [-0.25, -0.2) is 4.39 Å². The van der Waals surface area contributed by atoms with Crippen LogP contribution in [0.4, 0.5) is 4.39 Å². The van der Waals surface area contributed by atoms with Gasteiger partial charge in [0.15, 0.2) is 6.23 Å². The normalized spacial score (nSPS) is 20.8. The van der Waals surface area contributed by atoms with Crippen molar-refractivity contribution in [3.8, 4) is 5.75 Å². The molecule has 2 aromatic rings. The molecule has 4 rings (SSSR count). The number of hydrogen-bond donors (Lipinski definition) is 1. The molecule has 0 bridgehead atoms. The highest BCUT2D eigenvalue weighted by Gasteiger charge is 2.32. The summed E-state index contributed by atoms with van der Waals surface area (Å²) in [4.78, 5) is 16.2. The molecule has 2 heterocycles. The molecule has 0 aliphatic carbocycles. The van der Waals surface area contributed by atoms with E-state index in [0.717, 1.165) is 29.8 Å². The molecular formula is C25H30FN3O3. The highest BCUT2D eigenvalue weighted by atomic mass is 19.1. The van der Waals surface area contributed by atoms with Crippen LogP contribution in [0.2, 0.25) is 0 Å². The van der Waals surface area contributed by atoms with Crippen LogP contribution in [0.3, 0.4) is 0 Å². The van der Waals surface area contributed by atoms with Crippen molar-refractivity contribution in [2.24, 2.45) is 5.73 Å². The first kappa shape index (κ1) is 22.1. The Morgan fingerprint density at radius 1 is 1.19 bits per heavy atom. The van der Waals surface area contributed by atoms with Gasteiger partial charge in [-0.15, -0.1) is 0 Å². The fraction of sp³-hybridized carbons (Fsp3) is 0.400. The molecular weight excluding hydrogens is 409 g/mol. The fourth-order valence-corrected chi connectivity index (χ4v) is 4.32. The molecule has 2 aliphatic heterocycles. The smallest absolute Gasteiger partial charge is 0.268 e. The number of nitrogens with two attached hydrogens (primary N) is 1. The van der Waals surface area contributed by atoms with E-state index in [9.17, 15) is 9.18 Å². The topological polar surface area (TPSA) is 68.0 Å². The molecule has 0 saturated carbocycles. The molecule has 0 spiro atoms. The van der Waals surface area contributed by atoms with Crippen molar-refractivity contribution >= 4 is 5.91 Å². The predicted molar refractivity (Wildman–Crippen MR) is 120 cm³/mol. The van der Waals surface area contributed by atoms with Crippen LogP contribution < -0.4 is 10.5 Å². The first-order chi connectivity index (χ1) is 15.5. The van der Waals surface area contributed by atoms with Crippen LogP contribution in [-0.2, 0) is 16.1 Å². The number of halogens is 1. The maximum Gasteiger partial charge on any atom is 0.268 e. The Morgan fingerprint density at radius 3 is 2.59 bits per heavy atom. The molecule has 170 valence electrons. The van der Waals surface area contributed by atoms with Crippen molar-refractivity contribution in [1.82, 2.24) is 9.80 Å². The van der Waals surface area contributed by atoms with Crippen LogP contribution in [0.15, 0.2) is 60.5 Å². The zero-order chi connectivity index (χ0) is 22.5. The van der Waals surface area contributed by atoms with Crippen LogP contribution in [0.5, 0.6) is 5.75 Å². The standard InChI is InChI=1S/C25H30FN3O3/c1-18-4-2-13-28(18)14-3-15-31-22-11-7-20(8-12-22)25-29(23(17-32-25)24(27)30)16-19-5-9-21(26)10-6-19/h5-12,17-18,25H,2-4,13-16H2,1H3,(H2,27,30). The van der Waals surface area contributed by atoms with Crippen molar-refractivity contribution in [1.29, 1.82) is 0 Å². The predicted octanol–water partition coefficient (Wildman–Crippen LogP) is 3.94. The van der Waals surface area contributed by atoms with Crippen molar-refractivity contribution in [3.63, 3.8) is 0 Å². The lowest BCUT2D eigenvalue weighted by Gasteiger charge is -2.27. The minimum Gasteiger partial charge on any atom is -0.494 e. The summed E-state index contributed by atoms with van der Waals surface area (Å²) in [6.07, 6.45) is 4.47. The molecule has 2 unspecified atom stereocenters. The third-order valence-corrected chi connectivity index (χ3v) is 6.13. The maximum absolute atomic E-state index is 13.3. The molecule has 0 radical (unpaired) electrons. The lowest BCUT2D eigenvalue weighted by molar-refractivity contribution is -0.116. The number of amides is 1. The van der Waals surface area contributed by atoms with E-state index < -0.39 is 12.1 Å². The second kappa shape index (κ2) is 10.0. The quantitative estimate of drug-likeness (QED) is 0.600. The molecule has 2 atom stereocenters. The first-order valence-corrected chi connectivity index (χ1v) is 11.1. The highest BCUT2D eigenvalue weighted by Crippen LogP contribution is 2.34. The molecule has 6 nitrogen and oxygen atoms in total. The van der Waals surface area contributed by atoms with E-state index in [0.29, 0.717) is 19.2 Å². The number of primary amides is 1. The number of carbonyl (C=O) groups excluding carboxylic acids is 1. The molecule has 1 fully saturated rings. The Labute approximate surface area is 188 Å². The van der Waals surface area contributed by atoms with Crippen molar-refractivity contribution in [2.45, 2.75) is 45.0 Å². The number of likely N-dealkylation sites (tertiary alicyclic amines) is 1. The van der Waals surface area contributed by atoms with Crippen molar-refractivity contribution in [2.75, 3.05) is 19.7 Å². The molecule has 7 heteroatoms. The first-order valence-electron chi connectivity index (χ1n) is 11.1. The van der Waals surface area contributed by atoms with Crippen LogP contribution in [0.1, 0.15) is 43.5 Å². The molecule has 2 N–H and O–H groups in total.